The molecule has 1 unspecified atom stereocenters. The van der Waals surface area contributed by atoms with Crippen LogP contribution in [0.15, 0.2) is 0 Å². The maximum atomic E-state index is 6.26. The third-order valence-corrected chi connectivity index (χ3v) is 5.96. The Morgan fingerprint density at radius 1 is 1.05 bits per heavy atom. The van der Waals surface area contributed by atoms with Crippen molar-refractivity contribution >= 4 is 17.2 Å². The van der Waals surface area contributed by atoms with Crippen LogP contribution in [0.3, 0.4) is 0 Å². The van der Waals surface area contributed by atoms with Crippen LogP contribution in [0.4, 0.5) is 0 Å². The molecule has 3 aliphatic rings. The largest absolute Gasteiger partial charge is 0.392 e. The number of ether oxygens (including phenoxy) is 1. The molecule has 0 aromatic carbocycles. The molecule has 0 aromatic heterocycles. The van der Waals surface area contributed by atoms with Gasteiger partial charge in [-0.1, -0.05) is 44.3 Å². The molecule has 3 fully saturated rings. The van der Waals surface area contributed by atoms with Gasteiger partial charge in [-0.05, 0) is 38.5 Å². The molecule has 1 atom stereocenters. The summed E-state index contributed by atoms with van der Waals surface area (Å²) >= 11 is 5.23. The lowest BCUT2D eigenvalue weighted by atomic mass is 9.77. The number of thiocarbonyl (C=S) groups is 1. The van der Waals surface area contributed by atoms with Crippen LogP contribution in [0, 0.1) is 0 Å². The molecule has 1 heterocycles. The Hall–Kier alpha value is -0.190. The Kier molecular flexibility index (Phi) is 5.18. The van der Waals surface area contributed by atoms with Crippen LogP contribution >= 0.6 is 12.2 Å². The van der Waals surface area contributed by atoms with E-state index in [2.05, 4.69) is 4.90 Å². The van der Waals surface area contributed by atoms with Crippen LogP contribution in [-0.4, -0.2) is 40.7 Å². The number of rotatable bonds is 4. The summed E-state index contributed by atoms with van der Waals surface area (Å²) in [6, 6.07) is 1.33. The third-order valence-electron chi connectivity index (χ3n) is 5.83. The molecule has 0 amide bonds. The number of hydrogen-bond donors (Lipinski definition) is 1. The average molecular weight is 311 g/mol. The van der Waals surface area contributed by atoms with Crippen LogP contribution in [0.5, 0.6) is 0 Å². The highest BCUT2D eigenvalue weighted by Crippen LogP contribution is 2.41. The van der Waals surface area contributed by atoms with Gasteiger partial charge in [-0.25, -0.2) is 0 Å². The van der Waals surface area contributed by atoms with Gasteiger partial charge in [-0.3, -0.25) is 4.90 Å². The van der Waals surface area contributed by atoms with Gasteiger partial charge in [0.15, 0.2) is 0 Å². The second-order valence-corrected chi connectivity index (χ2v) is 7.84. The van der Waals surface area contributed by atoms with E-state index in [1.54, 1.807) is 0 Å². The zero-order chi connectivity index (χ0) is 14.7. The van der Waals surface area contributed by atoms with Gasteiger partial charge >= 0.3 is 0 Å². The molecule has 1 aliphatic heterocycles. The summed E-state index contributed by atoms with van der Waals surface area (Å²) in [7, 11) is 0. The quantitative estimate of drug-likeness (QED) is 0.808. The first kappa shape index (κ1) is 15.7. The second kappa shape index (κ2) is 6.93. The number of hydrogen-bond acceptors (Lipinski definition) is 3. The van der Waals surface area contributed by atoms with Crippen molar-refractivity contribution in [3.63, 3.8) is 0 Å². The van der Waals surface area contributed by atoms with E-state index < -0.39 is 0 Å². The molecule has 0 radical (unpaired) electrons. The van der Waals surface area contributed by atoms with Gasteiger partial charge in [0.05, 0.1) is 10.6 Å². The summed E-state index contributed by atoms with van der Waals surface area (Å²) in [6.07, 6.45) is 14.3. The van der Waals surface area contributed by atoms with Crippen LogP contribution < -0.4 is 5.73 Å². The lowest BCUT2D eigenvalue weighted by molar-refractivity contribution is -0.126. The highest BCUT2D eigenvalue weighted by atomic mass is 32.1. The topological polar surface area (TPSA) is 38.5 Å². The first-order chi connectivity index (χ1) is 10.2. The van der Waals surface area contributed by atoms with Crippen molar-refractivity contribution in [1.29, 1.82) is 0 Å². The zero-order valence-electron chi connectivity index (χ0n) is 13.2. The van der Waals surface area contributed by atoms with Crippen molar-refractivity contribution in [2.75, 3.05) is 13.2 Å². The number of nitrogens with zero attached hydrogens (tertiary/aromatic N) is 1. The molecule has 21 heavy (non-hydrogen) atoms. The zero-order valence-corrected chi connectivity index (χ0v) is 14.0. The fourth-order valence-corrected chi connectivity index (χ4v) is 4.95. The summed E-state index contributed by atoms with van der Waals surface area (Å²) in [5.74, 6) is 0. The lowest BCUT2D eigenvalue weighted by Gasteiger charge is -2.48. The van der Waals surface area contributed by atoms with Crippen molar-refractivity contribution in [2.24, 2.45) is 5.73 Å². The van der Waals surface area contributed by atoms with Gasteiger partial charge in [0.25, 0.3) is 0 Å². The highest BCUT2D eigenvalue weighted by molar-refractivity contribution is 7.80. The molecule has 3 nitrogen and oxygen atoms in total. The molecular formula is C17H30N2OS. The minimum Gasteiger partial charge on any atom is -0.392 e. The molecule has 0 bridgehead atoms. The smallest absolute Gasteiger partial charge is 0.0870 e. The highest BCUT2D eigenvalue weighted by Gasteiger charge is 2.41. The van der Waals surface area contributed by atoms with Gasteiger partial charge < -0.3 is 10.5 Å². The fourth-order valence-electron chi connectivity index (χ4n) is 4.80. The Balaban J connectivity index is 1.70. The summed E-state index contributed by atoms with van der Waals surface area (Å²) < 4.78 is 6.26. The van der Waals surface area contributed by atoms with Crippen molar-refractivity contribution < 1.29 is 4.74 Å². The number of nitrogens with two attached hydrogens (primary N) is 1. The van der Waals surface area contributed by atoms with Gasteiger partial charge in [0.2, 0.25) is 0 Å². The first-order valence-electron chi connectivity index (χ1n) is 8.87. The monoisotopic (exact) mass is 310 g/mol. The fraction of sp³-hybridized carbons (Fsp3) is 0.941. The second-order valence-electron chi connectivity index (χ2n) is 7.32. The van der Waals surface area contributed by atoms with E-state index >= 15 is 0 Å². The molecule has 4 heteroatoms. The lowest BCUT2D eigenvalue weighted by Crippen LogP contribution is -2.53. The van der Waals surface area contributed by atoms with E-state index in [0.717, 1.165) is 19.6 Å². The molecule has 3 rings (SSSR count). The average Bonchev–Trinajstić information content (AvgIpc) is 2.99. The predicted octanol–water partition coefficient (Wildman–Crippen LogP) is 3.40. The molecule has 2 N–H and O–H groups in total. The maximum absolute atomic E-state index is 6.26. The van der Waals surface area contributed by atoms with Crippen molar-refractivity contribution in [1.82, 2.24) is 4.90 Å². The van der Waals surface area contributed by atoms with E-state index in [9.17, 15) is 0 Å². The molecule has 2 saturated carbocycles. The van der Waals surface area contributed by atoms with Crippen LogP contribution in [0.2, 0.25) is 0 Å². The molecular weight excluding hydrogens is 280 g/mol. The summed E-state index contributed by atoms with van der Waals surface area (Å²) in [5, 5.41) is 0. The van der Waals surface area contributed by atoms with E-state index in [-0.39, 0.29) is 5.60 Å². The standard InChI is InChI=1S/C17H30N2OS/c18-16(21)13-19(14-6-2-3-7-14)15-8-11-20-17(12-15)9-4-1-5-10-17/h14-15H,1-13H2,(H2,18,21). The normalized spacial score (nSPS) is 30.0. The Bertz CT molecular complexity index is 356. The summed E-state index contributed by atoms with van der Waals surface area (Å²) in [5.41, 5.74) is 6.07. The molecule has 1 saturated heterocycles. The van der Waals surface area contributed by atoms with Gasteiger partial charge in [-0.15, -0.1) is 0 Å². The third kappa shape index (κ3) is 3.77. The maximum Gasteiger partial charge on any atom is 0.0870 e. The molecule has 2 aliphatic carbocycles. The van der Waals surface area contributed by atoms with E-state index in [4.69, 9.17) is 22.7 Å². The predicted molar refractivity (Wildman–Crippen MR) is 90.5 cm³/mol. The van der Waals surface area contributed by atoms with E-state index in [1.807, 2.05) is 0 Å². The van der Waals surface area contributed by atoms with Crippen LogP contribution in [-0.2, 0) is 4.74 Å². The van der Waals surface area contributed by atoms with Gasteiger partial charge in [-0.2, -0.15) is 0 Å². The SMILES string of the molecule is NC(=S)CN(C1CCCC1)C1CCOC2(CCCCC2)C1. The molecule has 120 valence electrons. The Morgan fingerprint density at radius 3 is 2.43 bits per heavy atom. The Labute approximate surface area is 134 Å². The van der Waals surface area contributed by atoms with Crippen molar-refractivity contribution in [2.45, 2.75) is 88.3 Å². The summed E-state index contributed by atoms with van der Waals surface area (Å²) in [6.45, 7) is 1.73. The van der Waals surface area contributed by atoms with E-state index in [1.165, 1.54) is 64.2 Å². The minimum absolute atomic E-state index is 0.175. The molecule has 1 spiro atoms. The minimum atomic E-state index is 0.175. The van der Waals surface area contributed by atoms with Gasteiger partial charge in [0, 0.05) is 25.2 Å². The van der Waals surface area contributed by atoms with Gasteiger partial charge in [0.1, 0.15) is 0 Å². The summed E-state index contributed by atoms with van der Waals surface area (Å²) in [4.78, 5) is 3.31. The molecule has 0 aromatic rings. The van der Waals surface area contributed by atoms with Crippen LogP contribution in [0.25, 0.3) is 0 Å². The Morgan fingerprint density at radius 2 is 1.76 bits per heavy atom. The first-order valence-corrected chi connectivity index (χ1v) is 9.27. The van der Waals surface area contributed by atoms with Crippen molar-refractivity contribution in [3.05, 3.63) is 0 Å². The van der Waals surface area contributed by atoms with Crippen molar-refractivity contribution in [3.8, 4) is 0 Å². The van der Waals surface area contributed by atoms with Crippen LogP contribution in [0.1, 0.15) is 70.6 Å². The van der Waals surface area contributed by atoms with E-state index in [0.29, 0.717) is 17.1 Å².